The lowest BCUT2D eigenvalue weighted by molar-refractivity contribution is -0.131. The maximum Gasteiger partial charge on any atom is 0.236 e. The number of hydrogen-bond donors (Lipinski definition) is 1. The molecule has 0 unspecified atom stereocenters. The van der Waals surface area contributed by atoms with Crippen LogP contribution in [0.3, 0.4) is 0 Å². The summed E-state index contributed by atoms with van der Waals surface area (Å²) < 4.78 is 0. The molecule has 15 heavy (non-hydrogen) atoms. The minimum Gasteiger partial charge on any atom is -0.339 e. The summed E-state index contributed by atoms with van der Waals surface area (Å²) in [5.74, 6) is 0.0539. The van der Waals surface area contributed by atoms with Crippen molar-refractivity contribution in [3.05, 3.63) is 12.7 Å². The molecule has 0 radical (unpaired) electrons. The minimum atomic E-state index is 0. The van der Waals surface area contributed by atoms with Gasteiger partial charge in [0.1, 0.15) is 0 Å². The van der Waals surface area contributed by atoms with Gasteiger partial charge < -0.3 is 10.6 Å². The minimum absolute atomic E-state index is 0. The van der Waals surface area contributed by atoms with Crippen molar-refractivity contribution in [2.24, 2.45) is 5.73 Å². The highest BCUT2D eigenvalue weighted by molar-refractivity contribution is 5.85. The monoisotopic (exact) mass is 255 g/mol. The van der Waals surface area contributed by atoms with E-state index in [1.54, 1.807) is 0 Å². The molecule has 0 saturated carbocycles. The molecule has 1 aliphatic rings. The molecular weight excluding hydrogens is 237 g/mol. The number of piperazine rings is 1. The molecule has 1 amide bonds. The first kappa shape index (κ1) is 17.1. The number of hydrogen-bond acceptors (Lipinski definition) is 3. The van der Waals surface area contributed by atoms with Gasteiger partial charge in [-0.1, -0.05) is 6.08 Å². The molecule has 0 atom stereocenters. The topological polar surface area (TPSA) is 49.6 Å². The van der Waals surface area contributed by atoms with E-state index in [2.05, 4.69) is 11.5 Å². The molecule has 1 aliphatic heterocycles. The fourth-order valence-corrected chi connectivity index (χ4v) is 1.49. The van der Waals surface area contributed by atoms with Crippen LogP contribution in [0.15, 0.2) is 12.7 Å². The lowest BCUT2D eigenvalue weighted by Crippen LogP contribution is -2.50. The summed E-state index contributed by atoms with van der Waals surface area (Å²) in [6.07, 6.45) is 1.89. The Balaban J connectivity index is 0. The van der Waals surface area contributed by atoms with Crippen molar-refractivity contribution in [3.8, 4) is 0 Å². The van der Waals surface area contributed by atoms with Crippen molar-refractivity contribution in [3.63, 3.8) is 0 Å². The zero-order chi connectivity index (χ0) is 9.68. The summed E-state index contributed by atoms with van der Waals surface area (Å²) >= 11 is 0. The average Bonchev–Trinajstić information content (AvgIpc) is 2.18. The third kappa shape index (κ3) is 5.37. The van der Waals surface area contributed by atoms with Crippen LogP contribution in [0.5, 0.6) is 0 Å². The Hall–Kier alpha value is -0.290. The van der Waals surface area contributed by atoms with Gasteiger partial charge in [0.15, 0.2) is 0 Å². The van der Waals surface area contributed by atoms with Crippen LogP contribution in [0, 0.1) is 0 Å². The number of amides is 1. The number of nitrogens with zero attached hydrogens (tertiary/aromatic N) is 2. The van der Waals surface area contributed by atoms with Gasteiger partial charge in [0.05, 0.1) is 6.54 Å². The zero-order valence-electron chi connectivity index (χ0n) is 8.72. The van der Waals surface area contributed by atoms with E-state index in [4.69, 9.17) is 5.73 Å². The fraction of sp³-hybridized carbons (Fsp3) is 0.667. The van der Waals surface area contributed by atoms with Gasteiger partial charge in [0.2, 0.25) is 5.91 Å². The number of halogens is 2. The van der Waals surface area contributed by atoms with Crippen molar-refractivity contribution in [1.29, 1.82) is 0 Å². The van der Waals surface area contributed by atoms with Crippen LogP contribution in [0.4, 0.5) is 0 Å². The van der Waals surface area contributed by atoms with Gasteiger partial charge in [-0.2, -0.15) is 0 Å². The lowest BCUT2D eigenvalue weighted by atomic mass is 10.3. The molecule has 0 aromatic rings. The van der Waals surface area contributed by atoms with E-state index < -0.39 is 0 Å². The van der Waals surface area contributed by atoms with Crippen molar-refractivity contribution < 1.29 is 4.79 Å². The van der Waals surface area contributed by atoms with Gasteiger partial charge in [0, 0.05) is 32.7 Å². The third-order valence-electron chi connectivity index (χ3n) is 2.29. The quantitative estimate of drug-likeness (QED) is 0.730. The Morgan fingerprint density at radius 2 is 1.80 bits per heavy atom. The molecule has 2 N–H and O–H groups in total. The van der Waals surface area contributed by atoms with E-state index >= 15 is 0 Å². The first-order valence-electron chi connectivity index (χ1n) is 4.59. The molecule has 90 valence electrons. The summed E-state index contributed by atoms with van der Waals surface area (Å²) in [6.45, 7) is 8.16. The number of carbonyl (C=O) groups excluding carboxylic acids is 1. The van der Waals surface area contributed by atoms with Crippen molar-refractivity contribution in [2.45, 2.75) is 0 Å². The van der Waals surface area contributed by atoms with Crippen molar-refractivity contribution >= 4 is 30.7 Å². The van der Waals surface area contributed by atoms with Crippen LogP contribution in [0.1, 0.15) is 0 Å². The number of nitrogens with two attached hydrogens (primary N) is 1. The highest BCUT2D eigenvalue weighted by atomic mass is 35.5. The lowest BCUT2D eigenvalue weighted by Gasteiger charge is -2.33. The summed E-state index contributed by atoms with van der Waals surface area (Å²) in [4.78, 5) is 15.3. The molecule has 1 rings (SSSR count). The molecule has 0 bridgehead atoms. The van der Waals surface area contributed by atoms with Gasteiger partial charge in [-0.25, -0.2) is 0 Å². The largest absolute Gasteiger partial charge is 0.339 e. The van der Waals surface area contributed by atoms with E-state index in [1.807, 2.05) is 11.0 Å². The second-order valence-electron chi connectivity index (χ2n) is 3.17. The number of rotatable bonds is 3. The molecule has 1 heterocycles. The summed E-state index contributed by atoms with van der Waals surface area (Å²) in [7, 11) is 0. The molecule has 1 saturated heterocycles. The van der Waals surface area contributed by atoms with Crippen LogP contribution >= 0.6 is 24.8 Å². The fourth-order valence-electron chi connectivity index (χ4n) is 1.49. The predicted octanol–water partition coefficient (Wildman–Crippen LogP) is 0.119. The van der Waals surface area contributed by atoms with Crippen LogP contribution in [-0.2, 0) is 4.79 Å². The van der Waals surface area contributed by atoms with Crippen LogP contribution in [0.25, 0.3) is 0 Å². The second-order valence-corrected chi connectivity index (χ2v) is 3.17. The molecule has 0 spiro atoms. The van der Waals surface area contributed by atoms with E-state index in [1.165, 1.54) is 0 Å². The normalized spacial score (nSPS) is 16.2. The van der Waals surface area contributed by atoms with Crippen LogP contribution < -0.4 is 5.73 Å². The summed E-state index contributed by atoms with van der Waals surface area (Å²) in [5, 5.41) is 0. The first-order chi connectivity index (χ1) is 6.27. The Morgan fingerprint density at radius 3 is 2.20 bits per heavy atom. The Kier molecular flexibility index (Phi) is 10.2. The van der Waals surface area contributed by atoms with Gasteiger partial charge in [-0.15, -0.1) is 31.4 Å². The molecule has 6 heteroatoms. The van der Waals surface area contributed by atoms with Crippen molar-refractivity contribution in [1.82, 2.24) is 9.80 Å². The predicted molar refractivity (Wildman–Crippen MR) is 66.8 cm³/mol. The van der Waals surface area contributed by atoms with Crippen LogP contribution in [-0.4, -0.2) is 55.0 Å². The Morgan fingerprint density at radius 1 is 1.27 bits per heavy atom. The Labute approximate surface area is 103 Å². The summed E-state index contributed by atoms with van der Waals surface area (Å²) in [6, 6.07) is 0. The molecule has 0 aromatic carbocycles. The highest BCUT2D eigenvalue weighted by Gasteiger charge is 2.18. The highest BCUT2D eigenvalue weighted by Crippen LogP contribution is 2.00. The smallest absolute Gasteiger partial charge is 0.236 e. The third-order valence-corrected chi connectivity index (χ3v) is 2.29. The van der Waals surface area contributed by atoms with Gasteiger partial charge >= 0.3 is 0 Å². The van der Waals surface area contributed by atoms with E-state index in [9.17, 15) is 4.79 Å². The maximum atomic E-state index is 11.2. The van der Waals surface area contributed by atoms with Gasteiger partial charge in [-0.3, -0.25) is 9.69 Å². The van der Waals surface area contributed by atoms with E-state index in [0.717, 1.165) is 32.7 Å². The standard InChI is InChI=1S/C9H17N3O.2ClH/c1-2-3-11-4-6-12(7-5-11)9(13)8-10;;/h2H,1,3-8,10H2;2*1H. The first-order valence-corrected chi connectivity index (χ1v) is 4.59. The molecule has 4 nitrogen and oxygen atoms in total. The molecule has 1 fully saturated rings. The SMILES string of the molecule is C=CCN1CCN(C(=O)CN)CC1.Cl.Cl. The average molecular weight is 256 g/mol. The number of carbonyl (C=O) groups is 1. The van der Waals surface area contributed by atoms with Crippen molar-refractivity contribution in [2.75, 3.05) is 39.3 Å². The maximum absolute atomic E-state index is 11.2. The van der Waals surface area contributed by atoms with Gasteiger partial charge in [-0.05, 0) is 0 Å². The zero-order valence-corrected chi connectivity index (χ0v) is 10.4. The second kappa shape index (κ2) is 8.97. The van der Waals surface area contributed by atoms with E-state index in [0.29, 0.717) is 0 Å². The molecular formula is C9H19Cl2N3O. The molecule has 0 aromatic heterocycles. The van der Waals surface area contributed by atoms with Gasteiger partial charge in [0.25, 0.3) is 0 Å². The Bertz CT molecular complexity index is 194. The summed E-state index contributed by atoms with van der Waals surface area (Å²) in [5.41, 5.74) is 5.28. The molecule has 0 aliphatic carbocycles. The van der Waals surface area contributed by atoms with E-state index in [-0.39, 0.29) is 37.3 Å². The van der Waals surface area contributed by atoms with Crippen LogP contribution in [0.2, 0.25) is 0 Å².